The fourth-order valence-corrected chi connectivity index (χ4v) is 1.60. The fraction of sp³-hybridized carbons (Fsp3) is 0.353. The number of hydrogen-bond donors (Lipinski definition) is 0. The monoisotopic (exact) mass is 240 g/mol. The largest absolute Gasteiger partial charge is 0.300 e. The van der Waals surface area contributed by atoms with Gasteiger partial charge in [-0.05, 0) is 44.4 Å². The Morgan fingerprint density at radius 1 is 1.17 bits per heavy atom. The Hall–Kier alpha value is -1.81. The van der Waals surface area contributed by atoms with Gasteiger partial charge in [-0.2, -0.15) is 0 Å². The van der Waals surface area contributed by atoms with Crippen LogP contribution in [-0.4, -0.2) is 5.78 Å². The zero-order valence-corrected chi connectivity index (χ0v) is 11.0. The van der Waals surface area contributed by atoms with Crippen molar-refractivity contribution in [1.29, 1.82) is 0 Å². The first-order valence-corrected chi connectivity index (χ1v) is 6.50. The molecule has 0 radical (unpaired) electrons. The molecule has 1 heteroatoms. The van der Waals surface area contributed by atoms with Crippen LogP contribution in [0.2, 0.25) is 0 Å². The number of ketones is 1. The minimum absolute atomic E-state index is 0.291. The van der Waals surface area contributed by atoms with Crippen molar-refractivity contribution in [2.24, 2.45) is 0 Å². The zero-order chi connectivity index (χ0) is 13.1. The highest BCUT2D eigenvalue weighted by Crippen LogP contribution is 2.03. The molecule has 18 heavy (non-hydrogen) atoms. The van der Waals surface area contributed by atoms with E-state index in [2.05, 4.69) is 17.9 Å². The molecule has 94 valence electrons. The van der Waals surface area contributed by atoms with E-state index in [0.29, 0.717) is 5.78 Å². The van der Waals surface area contributed by atoms with Gasteiger partial charge in [0.2, 0.25) is 0 Å². The molecule has 1 nitrogen and oxygen atoms in total. The first-order chi connectivity index (χ1) is 8.79. The lowest BCUT2D eigenvalue weighted by Gasteiger charge is -1.94. The third-order valence-electron chi connectivity index (χ3n) is 2.59. The molecule has 1 rings (SSSR count). The molecule has 0 aliphatic heterocycles. The van der Waals surface area contributed by atoms with Crippen LogP contribution in [-0.2, 0) is 4.79 Å². The van der Waals surface area contributed by atoms with Crippen molar-refractivity contribution in [2.75, 3.05) is 0 Å². The van der Waals surface area contributed by atoms with Crippen LogP contribution in [0.15, 0.2) is 42.5 Å². The lowest BCUT2D eigenvalue weighted by Crippen LogP contribution is -1.88. The molecular formula is C17H20O. The third-order valence-corrected chi connectivity index (χ3v) is 2.59. The van der Waals surface area contributed by atoms with Gasteiger partial charge in [0, 0.05) is 12.0 Å². The average Bonchev–Trinajstić information content (AvgIpc) is 2.37. The second-order valence-electron chi connectivity index (χ2n) is 4.34. The van der Waals surface area contributed by atoms with Gasteiger partial charge in [0.25, 0.3) is 0 Å². The van der Waals surface area contributed by atoms with Gasteiger partial charge in [-0.1, -0.05) is 42.5 Å². The highest BCUT2D eigenvalue weighted by atomic mass is 16.1. The summed E-state index contributed by atoms with van der Waals surface area (Å²) in [6.45, 7) is 1.65. The summed E-state index contributed by atoms with van der Waals surface area (Å²) in [5, 5.41) is 0. The van der Waals surface area contributed by atoms with E-state index in [1.807, 2.05) is 36.4 Å². The van der Waals surface area contributed by atoms with Crippen molar-refractivity contribution < 1.29 is 4.79 Å². The number of unbranched alkanes of at least 4 members (excludes halogenated alkanes) is 3. The highest BCUT2D eigenvalue weighted by Gasteiger charge is 1.92. The molecule has 0 heterocycles. The van der Waals surface area contributed by atoms with Gasteiger partial charge in [0.05, 0.1) is 0 Å². The quantitative estimate of drug-likeness (QED) is 0.539. The number of carbonyl (C=O) groups is 1. The molecule has 0 N–H and O–H groups in total. The van der Waals surface area contributed by atoms with E-state index >= 15 is 0 Å². The van der Waals surface area contributed by atoms with Crippen molar-refractivity contribution in [2.45, 2.75) is 39.0 Å². The van der Waals surface area contributed by atoms with E-state index in [1.165, 1.54) is 0 Å². The summed E-state index contributed by atoms with van der Waals surface area (Å²) in [7, 11) is 0. The molecular weight excluding hydrogens is 220 g/mol. The second kappa shape index (κ2) is 9.24. The standard InChI is InChI=1S/C17H20O/c1-16(18)12-8-5-3-2-4-6-9-13-17-14-10-7-11-15-17/h4,6-7,10-11,14-15H,2-3,5,8,12H2,1H3/b6-4-. The Morgan fingerprint density at radius 2 is 1.94 bits per heavy atom. The lowest BCUT2D eigenvalue weighted by atomic mass is 10.1. The number of allylic oxidation sites excluding steroid dienone is 2. The van der Waals surface area contributed by atoms with Gasteiger partial charge in [0.1, 0.15) is 5.78 Å². The molecule has 0 aromatic heterocycles. The van der Waals surface area contributed by atoms with Crippen molar-refractivity contribution >= 4 is 5.78 Å². The third kappa shape index (κ3) is 7.46. The van der Waals surface area contributed by atoms with E-state index in [-0.39, 0.29) is 0 Å². The zero-order valence-electron chi connectivity index (χ0n) is 11.0. The number of Topliss-reactive ketones (excluding diaryl/α,β-unsaturated/α-hetero) is 1. The number of rotatable bonds is 6. The van der Waals surface area contributed by atoms with Gasteiger partial charge in [0.15, 0.2) is 0 Å². The predicted octanol–water partition coefficient (Wildman–Crippen LogP) is 4.13. The normalized spacial score (nSPS) is 10.1. The smallest absolute Gasteiger partial charge is 0.129 e. The maximum atomic E-state index is 10.7. The maximum absolute atomic E-state index is 10.7. The molecule has 0 fully saturated rings. The van der Waals surface area contributed by atoms with Gasteiger partial charge >= 0.3 is 0 Å². The molecule has 1 aromatic rings. The Morgan fingerprint density at radius 3 is 2.67 bits per heavy atom. The summed E-state index contributed by atoms with van der Waals surface area (Å²) >= 11 is 0. The molecule has 0 saturated carbocycles. The molecule has 0 atom stereocenters. The Kier molecular flexibility index (Phi) is 7.32. The SMILES string of the molecule is CC(=O)CCCCC/C=C\C#Cc1ccccc1. The molecule has 0 saturated heterocycles. The molecule has 0 aliphatic rings. The first-order valence-electron chi connectivity index (χ1n) is 6.50. The molecule has 0 aliphatic carbocycles. The fourth-order valence-electron chi connectivity index (χ4n) is 1.60. The maximum Gasteiger partial charge on any atom is 0.129 e. The van der Waals surface area contributed by atoms with Crippen molar-refractivity contribution in [3.63, 3.8) is 0 Å². The van der Waals surface area contributed by atoms with Crippen LogP contribution < -0.4 is 0 Å². The number of carbonyl (C=O) groups excluding carboxylic acids is 1. The van der Waals surface area contributed by atoms with Gasteiger partial charge < -0.3 is 4.79 Å². The van der Waals surface area contributed by atoms with Crippen LogP contribution in [0.3, 0.4) is 0 Å². The summed E-state index contributed by atoms with van der Waals surface area (Å²) in [5.74, 6) is 6.40. The minimum Gasteiger partial charge on any atom is -0.300 e. The van der Waals surface area contributed by atoms with E-state index in [9.17, 15) is 4.79 Å². The van der Waals surface area contributed by atoms with E-state index < -0.39 is 0 Å². The van der Waals surface area contributed by atoms with E-state index in [4.69, 9.17) is 0 Å². The Balaban J connectivity index is 2.11. The molecule has 0 unspecified atom stereocenters. The number of benzene rings is 1. The predicted molar refractivity (Wildman–Crippen MR) is 76.2 cm³/mol. The van der Waals surface area contributed by atoms with Gasteiger partial charge in [-0.15, -0.1) is 0 Å². The minimum atomic E-state index is 0.291. The summed E-state index contributed by atoms with van der Waals surface area (Å²) in [6, 6.07) is 9.97. The van der Waals surface area contributed by atoms with Gasteiger partial charge in [-0.3, -0.25) is 0 Å². The Labute approximate surface area is 110 Å². The lowest BCUT2D eigenvalue weighted by molar-refractivity contribution is -0.117. The Bertz CT molecular complexity index is 432. The van der Waals surface area contributed by atoms with E-state index in [1.54, 1.807) is 6.92 Å². The van der Waals surface area contributed by atoms with Crippen LogP contribution in [0.25, 0.3) is 0 Å². The topological polar surface area (TPSA) is 17.1 Å². The second-order valence-corrected chi connectivity index (χ2v) is 4.34. The van der Waals surface area contributed by atoms with Crippen LogP contribution in [0.4, 0.5) is 0 Å². The van der Waals surface area contributed by atoms with Crippen LogP contribution in [0.5, 0.6) is 0 Å². The molecule has 0 amide bonds. The van der Waals surface area contributed by atoms with Crippen LogP contribution in [0, 0.1) is 11.8 Å². The first kappa shape index (κ1) is 14.3. The summed E-state index contributed by atoms with van der Waals surface area (Å²) in [5.41, 5.74) is 1.05. The van der Waals surface area contributed by atoms with Crippen LogP contribution in [0.1, 0.15) is 44.6 Å². The molecule has 0 spiro atoms. The summed E-state index contributed by atoms with van der Waals surface area (Å²) < 4.78 is 0. The average molecular weight is 240 g/mol. The van der Waals surface area contributed by atoms with Crippen LogP contribution >= 0.6 is 0 Å². The van der Waals surface area contributed by atoms with Crippen molar-refractivity contribution in [1.82, 2.24) is 0 Å². The van der Waals surface area contributed by atoms with Gasteiger partial charge in [-0.25, -0.2) is 0 Å². The molecule has 1 aromatic carbocycles. The van der Waals surface area contributed by atoms with Crippen molar-refractivity contribution in [3.05, 3.63) is 48.0 Å². The summed E-state index contributed by atoms with van der Waals surface area (Å²) in [4.78, 5) is 10.7. The summed E-state index contributed by atoms with van der Waals surface area (Å²) in [6.07, 6.45) is 9.05. The van der Waals surface area contributed by atoms with E-state index in [0.717, 1.165) is 37.7 Å². The van der Waals surface area contributed by atoms with Crippen molar-refractivity contribution in [3.8, 4) is 11.8 Å². The molecule has 0 bridgehead atoms. The number of hydrogen-bond acceptors (Lipinski definition) is 1. The highest BCUT2D eigenvalue weighted by molar-refractivity contribution is 5.75.